The molecule has 0 aromatic heterocycles. The fourth-order valence-corrected chi connectivity index (χ4v) is 2.38. The molecule has 2 rings (SSSR count). The summed E-state index contributed by atoms with van der Waals surface area (Å²) >= 11 is 3.49. The number of ether oxygens (including phenoxy) is 1. The maximum absolute atomic E-state index is 10.8. The zero-order valence-electron chi connectivity index (χ0n) is 8.87. The summed E-state index contributed by atoms with van der Waals surface area (Å²) in [5.74, 6) is 2.69. The summed E-state index contributed by atoms with van der Waals surface area (Å²) < 4.78 is 5.53. The van der Waals surface area contributed by atoms with E-state index in [1.165, 1.54) is 0 Å². The highest BCUT2D eigenvalue weighted by Crippen LogP contribution is 2.40. The Labute approximate surface area is 103 Å². The van der Waals surface area contributed by atoms with E-state index in [-0.39, 0.29) is 4.83 Å². The molecular weight excluding hydrogens is 268 g/mol. The molecule has 16 heavy (non-hydrogen) atoms. The Kier molecular flexibility index (Phi) is 3.28. The van der Waals surface area contributed by atoms with Crippen molar-refractivity contribution in [1.29, 1.82) is 0 Å². The normalized spacial score (nSPS) is 18.5. The molecule has 0 saturated carbocycles. The third kappa shape index (κ3) is 1.84. The molecule has 3 heteroatoms. The first-order chi connectivity index (χ1) is 7.77. The highest BCUT2D eigenvalue weighted by Gasteiger charge is 2.24. The average molecular weight is 279 g/mol. The topological polar surface area (TPSA) is 26.3 Å². The highest BCUT2D eigenvalue weighted by molar-refractivity contribution is 9.09. The maximum Gasteiger partial charge on any atom is 0.129 e. The Morgan fingerprint density at radius 2 is 2.19 bits per heavy atom. The first-order valence-corrected chi connectivity index (χ1v) is 6.02. The van der Waals surface area contributed by atoms with Gasteiger partial charge < -0.3 is 4.74 Å². The minimum Gasteiger partial charge on any atom is -0.493 e. The van der Waals surface area contributed by atoms with Gasteiger partial charge >= 0.3 is 0 Å². The Hall–Kier alpha value is -1.31. The SMILES string of the molecule is CCOC1=CC(=C=O)C(Br)c2ccccc21. The molecule has 0 fully saturated rings. The van der Waals surface area contributed by atoms with Crippen LogP contribution in [0.3, 0.4) is 0 Å². The standard InChI is InChI=1S/C13H11BrO2/c1-2-16-12-7-9(8-15)13(14)11-6-4-3-5-10(11)12/h3-7,13H,2H2,1H3. The van der Waals surface area contributed by atoms with Crippen LogP contribution in [-0.2, 0) is 9.53 Å². The number of alkyl halides is 1. The number of fused-ring (bicyclic) bond motifs is 1. The Balaban J connectivity index is 2.57. The predicted molar refractivity (Wildman–Crippen MR) is 66.9 cm³/mol. The molecular formula is C13H11BrO2. The summed E-state index contributed by atoms with van der Waals surface area (Å²) in [4.78, 5) is 10.7. The lowest BCUT2D eigenvalue weighted by Crippen LogP contribution is -2.07. The third-order valence-electron chi connectivity index (χ3n) is 2.48. The first-order valence-electron chi connectivity index (χ1n) is 5.10. The van der Waals surface area contributed by atoms with Crippen molar-refractivity contribution in [2.75, 3.05) is 6.61 Å². The first kappa shape index (κ1) is 11.2. The summed E-state index contributed by atoms with van der Waals surface area (Å²) in [6.07, 6.45) is 1.75. The summed E-state index contributed by atoms with van der Waals surface area (Å²) in [6, 6.07) is 7.89. The van der Waals surface area contributed by atoms with E-state index in [1.54, 1.807) is 6.08 Å². The van der Waals surface area contributed by atoms with Crippen molar-refractivity contribution in [3.8, 4) is 0 Å². The Morgan fingerprint density at radius 1 is 1.44 bits per heavy atom. The number of hydrogen-bond acceptors (Lipinski definition) is 2. The van der Waals surface area contributed by atoms with Gasteiger partial charge in [-0.1, -0.05) is 40.2 Å². The Morgan fingerprint density at radius 3 is 2.88 bits per heavy atom. The van der Waals surface area contributed by atoms with Gasteiger partial charge in [-0.05, 0) is 18.6 Å². The average Bonchev–Trinajstić information content (AvgIpc) is 2.33. The molecule has 1 aromatic carbocycles. The lowest BCUT2D eigenvalue weighted by molar-refractivity contribution is 0.297. The van der Waals surface area contributed by atoms with E-state index < -0.39 is 0 Å². The van der Waals surface area contributed by atoms with Crippen molar-refractivity contribution in [3.63, 3.8) is 0 Å². The second-order valence-electron chi connectivity index (χ2n) is 3.45. The predicted octanol–water partition coefficient (Wildman–Crippen LogP) is 3.27. The van der Waals surface area contributed by atoms with Gasteiger partial charge in [0.25, 0.3) is 0 Å². The summed E-state index contributed by atoms with van der Waals surface area (Å²) in [6.45, 7) is 2.51. The molecule has 82 valence electrons. The zero-order valence-corrected chi connectivity index (χ0v) is 10.5. The van der Waals surface area contributed by atoms with E-state index in [1.807, 2.05) is 37.1 Å². The van der Waals surface area contributed by atoms with Crippen LogP contribution >= 0.6 is 15.9 Å². The van der Waals surface area contributed by atoms with E-state index in [4.69, 9.17) is 4.74 Å². The molecule has 1 aliphatic rings. The van der Waals surface area contributed by atoms with Crippen molar-refractivity contribution in [1.82, 2.24) is 0 Å². The lowest BCUT2D eigenvalue weighted by atomic mass is 9.93. The third-order valence-corrected chi connectivity index (χ3v) is 3.46. The second-order valence-corrected chi connectivity index (χ2v) is 4.36. The molecule has 1 atom stereocenters. The monoisotopic (exact) mass is 278 g/mol. The van der Waals surface area contributed by atoms with Crippen molar-refractivity contribution in [2.45, 2.75) is 11.8 Å². The quantitative estimate of drug-likeness (QED) is 0.613. The van der Waals surface area contributed by atoms with E-state index in [0.29, 0.717) is 12.2 Å². The van der Waals surface area contributed by atoms with Crippen molar-refractivity contribution in [3.05, 3.63) is 47.0 Å². The number of benzene rings is 1. The minimum absolute atomic E-state index is 0.0922. The molecule has 0 amide bonds. The van der Waals surface area contributed by atoms with E-state index in [0.717, 1.165) is 16.9 Å². The van der Waals surface area contributed by atoms with Crippen LogP contribution in [-0.4, -0.2) is 12.5 Å². The van der Waals surface area contributed by atoms with E-state index >= 15 is 0 Å². The molecule has 0 spiro atoms. The van der Waals surface area contributed by atoms with Gasteiger partial charge in [-0.2, -0.15) is 0 Å². The van der Waals surface area contributed by atoms with Crippen LogP contribution in [0.15, 0.2) is 35.9 Å². The largest absolute Gasteiger partial charge is 0.493 e. The molecule has 2 nitrogen and oxygen atoms in total. The highest BCUT2D eigenvalue weighted by atomic mass is 79.9. The Bertz CT molecular complexity index is 484. The molecule has 0 heterocycles. The lowest BCUT2D eigenvalue weighted by Gasteiger charge is -2.22. The van der Waals surface area contributed by atoms with Gasteiger partial charge in [0, 0.05) is 5.56 Å². The van der Waals surface area contributed by atoms with Gasteiger partial charge in [-0.25, -0.2) is 4.79 Å². The number of allylic oxidation sites excluding steroid dienone is 2. The minimum atomic E-state index is -0.0922. The molecule has 0 radical (unpaired) electrons. The van der Waals surface area contributed by atoms with Crippen molar-refractivity contribution < 1.29 is 9.53 Å². The van der Waals surface area contributed by atoms with Gasteiger partial charge in [0.15, 0.2) is 0 Å². The second kappa shape index (κ2) is 4.69. The maximum atomic E-state index is 10.8. The number of carbonyl (C=O) groups excluding carboxylic acids is 1. The van der Waals surface area contributed by atoms with Crippen LogP contribution in [0.4, 0.5) is 0 Å². The number of rotatable bonds is 2. The van der Waals surface area contributed by atoms with Crippen LogP contribution in [0.25, 0.3) is 5.76 Å². The van der Waals surface area contributed by atoms with Crippen LogP contribution < -0.4 is 0 Å². The smallest absolute Gasteiger partial charge is 0.129 e. The molecule has 1 aromatic rings. The van der Waals surface area contributed by atoms with Gasteiger partial charge in [0.1, 0.15) is 11.7 Å². The van der Waals surface area contributed by atoms with Crippen molar-refractivity contribution >= 4 is 27.6 Å². The van der Waals surface area contributed by atoms with Gasteiger partial charge in [0.2, 0.25) is 0 Å². The zero-order chi connectivity index (χ0) is 11.5. The summed E-state index contributed by atoms with van der Waals surface area (Å²) in [7, 11) is 0. The van der Waals surface area contributed by atoms with Gasteiger partial charge in [-0.15, -0.1) is 0 Å². The van der Waals surface area contributed by atoms with Gasteiger partial charge in [-0.3, -0.25) is 0 Å². The number of hydrogen-bond donors (Lipinski definition) is 0. The summed E-state index contributed by atoms with van der Waals surface area (Å²) in [5, 5.41) is 0. The molecule has 0 saturated heterocycles. The van der Waals surface area contributed by atoms with Crippen LogP contribution in [0.1, 0.15) is 22.9 Å². The molecule has 1 unspecified atom stereocenters. The molecule has 0 aliphatic heterocycles. The van der Waals surface area contributed by atoms with Crippen LogP contribution in [0.2, 0.25) is 0 Å². The van der Waals surface area contributed by atoms with Gasteiger partial charge in [0.05, 0.1) is 17.0 Å². The molecule has 1 aliphatic carbocycles. The van der Waals surface area contributed by atoms with Crippen LogP contribution in [0.5, 0.6) is 0 Å². The fraction of sp³-hybridized carbons (Fsp3) is 0.231. The van der Waals surface area contributed by atoms with E-state index in [2.05, 4.69) is 15.9 Å². The number of halogens is 1. The van der Waals surface area contributed by atoms with E-state index in [9.17, 15) is 4.79 Å². The molecule has 0 bridgehead atoms. The fourth-order valence-electron chi connectivity index (χ4n) is 1.76. The molecule has 0 N–H and O–H groups in total. The van der Waals surface area contributed by atoms with Crippen molar-refractivity contribution in [2.24, 2.45) is 0 Å². The van der Waals surface area contributed by atoms with Crippen LogP contribution in [0, 0.1) is 0 Å². The summed E-state index contributed by atoms with van der Waals surface area (Å²) in [5.41, 5.74) is 2.65.